The minimum Gasteiger partial charge on any atom is -0.444 e. The van der Waals surface area contributed by atoms with E-state index in [2.05, 4.69) is 9.69 Å². The molecule has 1 amide bonds. The molecule has 0 spiro atoms. The van der Waals surface area contributed by atoms with E-state index in [1.54, 1.807) is 12.1 Å². The van der Waals surface area contributed by atoms with Crippen LogP contribution in [0.4, 0.5) is 14.9 Å². The standard InChI is InChI=1S/C13H13FN2O2S/c1-8-12(9(2)19-16-8)15-13(17)18-7-10-3-5-11(14)6-4-10/h3-6H,7H2,1-2H3,(H,15,17). The summed E-state index contributed by atoms with van der Waals surface area (Å²) in [6, 6.07) is 5.80. The van der Waals surface area contributed by atoms with Gasteiger partial charge in [0.15, 0.2) is 0 Å². The Labute approximate surface area is 114 Å². The molecule has 100 valence electrons. The Morgan fingerprint density at radius 2 is 2.05 bits per heavy atom. The number of hydrogen-bond acceptors (Lipinski definition) is 4. The van der Waals surface area contributed by atoms with Crippen LogP contribution in [0.3, 0.4) is 0 Å². The molecule has 4 nitrogen and oxygen atoms in total. The number of aromatic nitrogens is 1. The van der Waals surface area contributed by atoms with E-state index in [0.29, 0.717) is 5.69 Å². The highest BCUT2D eigenvalue weighted by Crippen LogP contribution is 2.23. The monoisotopic (exact) mass is 280 g/mol. The minimum absolute atomic E-state index is 0.0990. The van der Waals surface area contributed by atoms with Crippen molar-refractivity contribution in [2.75, 3.05) is 5.32 Å². The molecule has 0 aliphatic carbocycles. The van der Waals surface area contributed by atoms with Crippen LogP contribution in [0.1, 0.15) is 16.1 Å². The predicted molar refractivity (Wildman–Crippen MR) is 71.8 cm³/mol. The maximum Gasteiger partial charge on any atom is 0.412 e. The van der Waals surface area contributed by atoms with Gasteiger partial charge in [-0.3, -0.25) is 5.32 Å². The van der Waals surface area contributed by atoms with Gasteiger partial charge in [0, 0.05) is 4.88 Å². The number of carbonyl (C=O) groups is 1. The van der Waals surface area contributed by atoms with Crippen LogP contribution in [0.15, 0.2) is 24.3 Å². The topological polar surface area (TPSA) is 51.2 Å². The van der Waals surface area contributed by atoms with Crippen molar-refractivity contribution in [3.05, 3.63) is 46.2 Å². The Kier molecular flexibility index (Phi) is 4.11. The molecule has 0 radical (unpaired) electrons. The highest BCUT2D eigenvalue weighted by atomic mass is 32.1. The van der Waals surface area contributed by atoms with Crippen LogP contribution in [-0.2, 0) is 11.3 Å². The molecule has 1 N–H and O–H groups in total. The third-order valence-corrected chi connectivity index (χ3v) is 3.39. The summed E-state index contributed by atoms with van der Waals surface area (Å²) < 4.78 is 21.9. The van der Waals surface area contributed by atoms with Gasteiger partial charge in [-0.2, -0.15) is 4.37 Å². The lowest BCUT2D eigenvalue weighted by molar-refractivity contribution is 0.155. The highest BCUT2D eigenvalue weighted by Gasteiger charge is 2.11. The van der Waals surface area contributed by atoms with Crippen LogP contribution < -0.4 is 5.32 Å². The number of nitrogens with zero attached hydrogens (tertiary/aromatic N) is 1. The van der Waals surface area contributed by atoms with Crippen molar-refractivity contribution in [1.29, 1.82) is 0 Å². The molecule has 0 fully saturated rings. The molecule has 0 saturated carbocycles. The van der Waals surface area contributed by atoms with E-state index in [4.69, 9.17) is 4.74 Å². The van der Waals surface area contributed by atoms with E-state index < -0.39 is 6.09 Å². The zero-order valence-electron chi connectivity index (χ0n) is 10.6. The maximum absolute atomic E-state index is 12.7. The smallest absolute Gasteiger partial charge is 0.412 e. The average molecular weight is 280 g/mol. The number of halogens is 1. The minimum atomic E-state index is -0.546. The van der Waals surface area contributed by atoms with Crippen LogP contribution in [0.25, 0.3) is 0 Å². The molecule has 0 aliphatic heterocycles. The van der Waals surface area contributed by atoms with Crippen molar-refractivity contribution in [3.63, 3.8) is 0 Å². The second kappa shape index (κ2) is 5.79. The quantitative estimate of drug-likeness (QED) is 0.933. The lowest BCUT2D eigenvalue weighted by atomic mass is 10.2. The van der Waals surface area contributed by atoms with E-state index in [-0.39, 0.29) is 12.4 Å². The summed E-state index contributed by atoms with van der Waals surface area (Å²) in [5, 5.41) is 2.65. The summed E-state index contributed by atoms with van der Waals surface area (Å²) in [5.74, 6) is -0.316. The number of benzene rings is 1. The van der Waals surface area contributed by atoms with Crippen molar-refractivity contribution in [1.82, 2.24) is 4.37 Å². The van der Waals surface area contributed by atoms with Gasteiger partial charge in [0.2, 0.25) is 0 Å². The third-order valence-electron chi connectivity index (χ3n) is 2.54. The molecule has 2 rings (SSSR count). The number of ether oxygens (including phenoxy) is 1. The summed E-state index contributed by atoms with van der Waals surface area (Å²) in [4.78, 5) is 12.6. The van der Waals surface area contributed by atoms with E-state index in [0.717, 1.165) is 16.1 Å². The van der Waals surface area contributed by atoms with E-state index in [9.17, 15) is 9.18 Å². The Balaban J connectivity index is 1.90. The molecule has 0 aliphatic rings. The number of nitrogens with one attached hydrogen (secondary N) is 1. The van der Waals surface area contributed by atoms with Crippen molar-refractivity contribution in [2.45, 2.75) is 20.5 Å². The van der Waals surface area contributed by atoms with Gasteiger partial charge in [-0.15, -0.1) is 0 Å². The van der Waals surface area contributed by atoms with Crippen molar-refractivity contribution in [3.8, 4) is 0 Å². The summed E-state index contributed by atoms with van der Waals surface area (Å²) in [6.45, 7) is 3.79. The number of hydrogen-bond donors (Lipinski definition) is 1. The molecule has 0 bridgehead atoms. The lowest BCUT2D eigenvalue weighted by Gasteiger charge is -2.07. The van der Waals surface area contributed by atoms with Gasteiger partial charge in [-0.25, -0.2) is 9.18 Å². The van der Waals surface area contributed by atoms with Gasteiger partial charge in [0.25, 0.3) is 0 Å². The zero-order chi connectivity index (χ0) is 13.8. The Bertz CT molecular complexity index is 561. The molecular weight excluding hydrogens is 267 g/mol. The number of anilines is 1. The number of carbonyl (C=O) groups excluding carboxylic acids is 1. The molecular formula is C13H13FN2O2S. The third kappa shape index (κ3) is 3.51. The first kappa shape index (κ1) is 13.5. The molecule has 1 aromatic heterocycles. The first-order valence-corrected chi connectivity index (χ1v) is 6.44. The fourth-order valence-electron chi connectivity index (χ4n) is 1.53. The summed E-state index contributed by atoms with van der Waals surface area (Å²) >= 11 is 1.33. The molecule has 0 atom stereocenters. The highest BCUT2D eigenvalue weighted by molar-refractivity contribution is 7.06. The van der Waals surface area contributed by atoms with Crippen LogP contribution in [0, 0.1) is 19.7 Å². The van der Waals surface area contributed by atoms with Crippen LogP contribution in [-0.4, -0.2) is 10.5 Å². The Hall–Kier alpha value is -1.95. The lowest BCUT2D eigenvalue weighted by Crippen LogP contribution is -2.14. The fourth-order valence-corrected chi connectivity index (χ4v) is 2.18. The van der Waals surface area contributed by atoms with Gasteiger partial charge in [-0.1, -0.05) is 12.1 Å². The van der Waals surface area contributed by atoms with Gasteiger partial charge in [0.05, 0.1) is 11.4 Å². The summed E-state index contributed by atoms with van der Waals surface area (Å²) in [5.41, 5.74) is 2.18. The fraction of sp³-hybridized carbons (Fsp3) is 0.231. The zero-order valence-corrected chi connectivity index (χ0v) is 11.4. The van der Waals surface area contributed by atoms with Crippen molar-refractivity contribution >= 4 is 23.3 Å². The summed E-state index contributed by atoms with van der Waals surface area (Å²) in [7, 11) is 0. The molecule has 6 heteroatoms. The van der Waals surface area contributed by atoms with Gasteiger partial charge in [0.1, 0.15) is 12.4 Å². The van der Waals surface area contributed by atoms with Crippen molar-refractivity contribution < 1.29 is 13.9 Å². The molecule has 0 unspecified atom stereocenters. The molecule has 2 aromatic rings. The van der Waals surface area contributed by atoms with Crippen LogP contribution in [0.5, 0.6) is 0 Å². The van der Waals surface area contributed by atoms with Gasteiger partial charge in [-0.05, 0) is 43.1 Å². The SMILES string of the molecule is Cc1nsc(C)c1NC(=O)OCc1ccc(F)cc1. The van der Waals surface area contributed by atoms with Gasteiger partial charge >= 0.3 is 6.09 Å². The number of rotatable bonds is 3. The molecule has 1 heterocycles. The maximum atomic E-state index is 12.7. The second-order valence-corrected chi connectivity index (χ2v) is 5.00. The predicted octanol–water partition coefficient (Wildman–Crippen LogP) is 3.65. The Morgan fingerprint density at radius 3 is 2.63 bits per heavy atom. The van der Waals surface area contributed by atoms with Crippen LogP contribution >= 0.6 is 11.5 Å². The van der Waals surface area contributed by atoms with E-state index in [1.165, 1.54) is 23.7 Å². The second-order valence-electron chi connectivity index (χ2n) is 4.03. The largest absolute Gasteiger partial charge is 0.444 e. The molecule has 0 saturated heterocycles. The first-order valence-electron chi connectivity index (χ1n) is 5.67. The molecule has 19 heavy (non-hydrogen) atoms. The number of amides is 1. The number of aryl methyl sites for hydroxylation is 2. The molecule has 1 aromatic carbocycles. The van der Waals surface area contributed by atoms with E-state index in [1.807, 2.05) is 13.8 Å². The average Bonchev–Trinajstić information content (AvgIpc) is 2.70. The Morgan fingerprint density at radius 1 is 1.37 bits per heavy atom. The normalized spacial score (nSPS) is 10.3. The van der Waals surface area contributed by atoms with Crippen molar-refractivity contribution in [2.24, 2.45) is 0 Å². The first-order chi connectivity index (χ1) is 9.06. The van der Waals surface area contributed by atoms with Gasteiger partial charge < -0.3 is 4.74 Å². The van der Waals surface area contributed by atoms with E-state index >= 15 is 0 Å². The summed E-state index contributed by atoms with van der Waals surface area (Å²) in [6.07, 6.45) is -0.546. The van der Waals surface area contributed by atoms with Crippen LogP contribution in [0.2, 0.25) is 0 Å².